The van der Waals surface area contributed by atoms with Gasteiger partial charge in [-0.2, -0.15) is 10.2 Å². The van der Waals surface area contributed by atoms with Crippen molar-refractivity contribution >= 4 is 11.8 Å². The largest absolute Gasteiger partial charge is 0.480 e. The molecule has 0 radical (unpaired) electrons. The number of aromatic amines is 1. The lowest BCUT2D eigenvalue weighted by Gasteiger charge is -2.20. The summed E-state index contributed by atoms with van der Waals surface area (Å²) in [5.74, 6) is 1.52. The van der Waals surface area contributed by atoms with Gasteiger partial charge in [-0.15, -0.1) is 10.2 Å². The lowest BCUT2D eigenvalue weighted by Crippen LogP contribution is -2.22. The molecule has 2 aromatic heterocycles. The zero-order valence-electron chi connectivity index (χ0n) is 13.1. The fraction of sp³-hybridized carbons (Fsp3) is 0.615. The number of H-pyrrole nitrogens is 1. The summed E-state index contributed by atoms with van der Waals surface area (Å²) in [6, 6.07) is 0.0850. The fourth-order valence-electron chi connectivity index (χ4n) is 2.07. The van der Waals surface area contributed by atoms with Gasteiger partial charge in [-0.05, 0) is 12.8 Å². The highest BCUT2D eigenvalue weighted by Gasteiger charge is 2.14. The molecule has 0 aliphatic carbocycles. The number of aromatic nitrogens is 6. The number of unbranched alkanes of at least 4 members (excludes halogenated alkanes) is 1. The van der Waals surface area contributed by atoms with Crippen LogP contribution in [0, 0.1) is 0 Å². The number of ether oxygens (including phenoxy) is 1. The number of nitrogens with one attached hydrogen (secondary N) is 2. The Morgan fingerprint density at radius 1 is 1.43 bits per heavy atom. The van der Waals surface area contributed by atoms with E-state index >= 15 is 0 Å². The highest BCUT2D eigenvalue weighted by atomic mass is 16.5. The molecule has 5 N–H and O–H groups in total. The lowest BCUT2D eigenvalue weighted by atomic mass is 10.1. The number of rotatable bonds is 10. The van der Waals surface area contributed by atoms with Crippen molar-refractivity contribution in [3.63, 3.8) is 0 Å². The van der Waals surface area contributed by atoms with E-state index < -0.39 is 0 Å². The predicted molar refractivity (Wildman–Crippen MR) is 83.6 cm³/mol. The van der Waals surface area contributed by atoms with Crippen molar-refractivity contribution in [3.8, 4) is 5.75 Å². The van der Waals surface area contributed by atoms with Gasteiger partial charge in [-0.3, -0.25) is 0 Å². The van der Waals surface area contributed by atoms with Crippen LogP contribution in [-0.4, -0.2) is 48.3 Å². The van der Waals surface area contributed by atoms with Crippen molar-refractivity contribution in [3.05, 3.63) is 12.0 Å². The zero-order valence-corrected chi connectivity index (χ0v) is 13.1. The molecule has 126 valence electrons. The maximum absolute atomic E-state index is 9.21. The fourth-order valence-corrected chi connectivity index (χ4v) is 2.07. The molecular formula is C13H22N8O2. The molecule has 0 aliphatic heterocycles. The Hall–Kier alpha value is -2.49. The van der Waals surface area contributed by atoms with E-state index in [4.69, 9.17) is 10.5 Å². The van der Waals surface area contributed by atoms with Crippen molar-refractivity contribution in [2.75, 3.05) is 17.7 Å². The first-order valence-electron chi connectivity index (χ1n) is 7.58. The summed E-state index contributed by atoms with van der Waals surface area (Å²) in [4.78, 5) is 8.13. The highest BCUT2D eigenvalue weighted by Crippen LogP contribution is 2.24. The molecule has 10 heteroatoms. The maximum Gasteiger partial charge on any atom is 0.222 e. The van der Waals surface area contributed by atoms with Gasteiger partial charge in [0.15, 0.2) is 18.2 Å². The maximum atomic E-state index is 9.21. The van der Waals surface area contributed by atoms with Crippen LogP contribution in [0.3, 0.4) is 0 Å². The lowest BCUT2D eigenvalue weighted by molar-refractivity contribution is 0.274. The normalized spacial score (nSPS) is 12.1. The van der Waals surface area contributed by atoms with Crippen molar-refractivity contribution in [2.24, 2.45) is 0 Å². The number of hydrogen-bond donors (Lipinski definition) is 4. The third-order valence-corrected chi connectivity index (χ3v) is 3.24. The summed E-state index contributed by atoms with van der Waals surface area (Å²) >= 11 is 0. The summed E-state index contributed by atoms with van der Waals surface area (Å²) in [6.07, 6.45) is 5.17. The van der Waals surface area contributed by atoms with Crippen molar-refractivity contribution in [1.29, 1.82) is 0 Å². The third-order valence-electron chi connectivity index (χ3n) is 3.24. The van der Waals surface area contributed by atoms with Crippen LogP contribution in [0.15, 0.2) is 6.20 Å². The number of nitrogen functional groups attached to an aromatic ring is 1. The van der Waals surface area contributed by atoms with Gasteiger partial charge in [0.2, 0.25) is 11.8 Å². The Morgan fingerprint density at radius 2 is 2.30 bits per heavy atom. The van der Waals surface area contributed by atoms with Gasteiger partial charge in [0.05, 0.1) is 6.20 Å². The SMILES string of the molecule is CCCC[C@@H](CCO)Nc1nc(N)ncc1OCc1nn[nH]n1. The van der Waals surface area contributed by atoms with Crippen molar-refractivity contribution in [1.82, 2.24) is 30.6 Å². The number of nitrogens with two attached hydrogens (primary N) is 1. The molecule has 2 aromatic rings. The van der Waals surface area contributed by atoms with Gasteiger partial charge in [0.25, 0.3) is 0 Å². The van der Waals surface area contributed by atoms with Crippen LogP contribution in [-0.2, 0) is 6.61 Å². The third kappa shape index (κ3) is 5.33. The molecule has 0 saturated carbocycles. The second-order valence-corrected chi connectivity index (χ2v) is 5.05. The van der Waals surface area contributed by atoms with Gasteiger partial charge < -0.3 is 20.9 Å². The van der Waals surface area contributed by atoms with E-state index in [-0.39, 0.29) is 25.2 Å². The molecule has 0 aromatic carbocycles. The minimum Gasteiger partial charge on any atom is -0.480 e. The second-order valence-electron chi connectivity index (χ2n) is 5.05. The van der Waals surface area contributed by atoms with Gasteiger partial charge in [-0.25, -0.2) is 4.98 Å². The summed E-state index contributed by atoms with van der Waals surface area (Å²) in [5.41, 5.74) is 5.66. The standard InChI is InChI=1S/C13H22N8O2/c1-2-3-4-9(5-6-22)16-12-10(7-15-13(14)17-12)23-8-11-18-20-21-19-11/h7,9,22H,2-6,8H2,1H3,(H3,14,15,16,17)(H,18,19,20,21)/t9-/m0/s1. The van der Waals surface area contributed by atoms with E-state index in [0.717, 1.165) is 19.3 Å². The summed E-state index contributed by atoms with van der Waals surface area (Å²) in [6.45, 7) is 2.36. The number of aliphatic hydroxyl groups excluding tert-OH is 1. The van der Waals surface area contributed by atoms with E-state index in [1.54, 1.807) is 0 Å². The van der Waals surface area contributed by atoms with Crippen LogP contribution in [0.25, 0.3) is 0 Å². The average Bonchev–Trinajstić information content (AvgIpc) is 3.05. The van der Waals surface area contributed by atoms with Crippen molar-refractivity contribution in [2.45, 2.75) is 45.3 Å². The molecule has 1 atom stereocenters. The van der Waals surface area contributed by atoms with Crippen LogP contribution in [0.1, 0.15) is 38.4 Å². The monoisotopic (exact) mass is 322 g/mol. The first kappa shape index (κ1) is 16.9. The molecule has 0 bridgehead atoms. The van der Waals surface area contributed by atoms with E-state index in [9.17, 15) is 5.11 Å². The first-order valence-corrected chi connectivity index (χ1v) is 7.58. The Morgan fingerprint density at radius 3 is 3.00 bits per heavy atom. The van der Waals surface area contributed by atoms with Gasteiger partial charge in [0, 0.05) is 12.6 Å². The molecule has 2 rings (SSSR count). The van der Waals surface area contributed by atoms with Crippen LogP contribution in [0.2, 0.25) is 0 Å². The molecular weight excluding hydrogens is 300 g/mol. The minimum atomic E-state index is 0.0850. The van der Waals surface area contributed by atoms with Gasteiger partial charge >= 0.3 is 0 Å². The van der Waals surface area contributed by atoms with Crippen LogP contribution < -0.4 is 15.8 Å². The van der Waals surface area contributed by atoms with Crippen molar-refractivity contribution < 1.29 is 9.84 Å². The number of aliphatic hydroxyl groups is 1. The first-order chi connectivity index (χ1) is 11.2. The molecule has 0 unspecified atom stereocenters. The minimum absolute atomic E-state index is 0.0850. The van der Waals surface area contributed by atoms with E-state index in [1.807, 2.05) is 0 Å². The number of nitrogens with zero attached hydrogens (tertiary/aromatic N) is 5. The predicted octanol–water partition coefficient (Wildman–Crippen LogP) is 0.504. The molecule has 0 spiro atoms. The van der Waals surface area contributed by atoms with E-state index in [2.05, 4.69) is 42.8 Å². The number of anilines is 2. The highest BCUT2D eigenvalue weighted by molar-refractivity contribution is 5.51. The Kier molecular flexibility index (Phi) is 6.48. The Balaban J connectivity index is 2.06. The molecule has 0 saturated heterocycles. The number of tetrazole rings is 1. The summed E-state index contributed by atoms with van der Waals surface area (Å²) < 4.78 is 5.63. The number of hydrogen-bond acceptors (Lipinski definition) is 9. The quantitative estimate of drug-likeness (QED) is 0.490. The summed E-state index contributed by atoms with van der Waals surface area (Å²) in [7, 11) is 0. The summed E-state index contributed by atoms with van der Waals surface area (Å²) in [5, 5.41) is 25.9. The zero-order chi connectivity index (χ0) is 16.5. The van der Waals surface area contributed by atoms with Crippen LogP contribution in [0.4, 0.5) is 11.8 Å². The van der Waals surface area contributed by atoms with E-state index in [0.29, 0.717) is 23.8 Å². The van der Waals surface area contributed by atoms with Gasteiger partial charge in [-0.1, -0.05) is 25.0 Å². The average molecular weight is 322 g/mol. The smallest absolute Gasteiger partial charge is 0.222 e. The van der Waals surface area contributed by atoms with Crippen LogP contribution >= 0.6 is 0 Å². The van der Waals surface area contributed by atoms with E-state index in [1.165, 1.54) is 6.20 Å². The molecule has 23 heavy (non-hydrogen) atoms. The molecule has 10 nitrogen and oxygen atoms in total. The topological polar surface area (TPSA) is 148 Å². The Labute approximate surface area is 133 Å². The molecule has 0 aliphatic rings. The molecule has 0 fully saturated rings. The van der Waals surface area contributed by atoms with Crippen LogP contribution in [0.5, 0.6) is 5.75 Å². The van der Waals surface area contributed by atoms with Gasteiger partial charge in [0.1, 0.15) is 0 Å². The Bertz CT molecular complexity index is 577. The second kappa shape index (κ2) is 8.83. The molecule has 0 amide bonds. The molecule has 2 heterocycles.